The van der Waals surface area contributed by atoms with Crippen molar-refractivity contribution in [3.05, 3.63) is 29.8 Å². The number of nitrogens with zero attached hydrogens (tertiary/aromatic N) is 2. The summed E-state index contributed by atoms with van der Waals surface area (Å²) in [6, 6.07) is 5.48. The second-order valence-electron chi connectivity index (χ2n) is 4.55. The van der Waals surface area contributed by atoms with Crippen molar-refractivity contribution in [1.82, 2.24) is 9.80 Å². The average Bonchev–Trinajstić information content (AvgIpc) is 2.42. The topological polar surface area (TPSA) is 89.9 Å². The molecule has 2 N–H and O–H groups in total. The number of likely N-dealkylation sites (N-methyl/N-ethyl adjacent to an activating group) is 1. The largest absolute Gasteiger partial charge is 0.478 e. The van der Waals surface area contributed by atoms with Crippen molar-refractivity contribution < 1.29 is 19.5 Å². The molecule has 0 radical (unpaired) electrons. The van der Waals surface area contributed by atoms with Gasteiger partial charge in [0, 0.05) is 25.8 Å². The van der Waals surface area contributed by atoms with Gasteiger partial charge in [0.2, 0.25) is 5.91 Å². The van der Waals surface area contributed by atoms with Crippen LogP contribution in [0.1, 0.15) is 10.4 Å². The fraction of sp³-hybridized carbons (Fsp3) is 0.308. The van der Waals surface area contributed by atoms with Crippen molar-refractivity contribution in [1.29, 1.82) is 0 Å². The predicted molar refractivity (Wildman–Crippen MR) is 71.6 cm³/mol. The number of aromatic carboxylic acids is 1. The number of anilines is 1. The quantitative estimate of drug-likeness (QED) is 0.832. The number of carboxylic acids is 1. The van der Waals surface area contributed by atoms with Crippen LogP contribution in [-0.4, -0.2) is 59.5 Å². The molecule has 0 aromatic heterocycles. The molecule has 2 rings (SSSR count). The van der Waals surface area contributed by atoms with Gasteiger partial charge >= 0.3 is 12.0 Å². The molecule has 7 nitrogen and oxygen atoms in total. The van der Waals surface area contributed by atoms with Gasteiger partial charge in [0.05, 0.1) is 5.56 Å². The van der Waals surface area contributed by atoms with Gasteiger partial charge in [-0.2, -0.15) is 0 Å². The third-order valence-electron chi connectivity index (χ3n) is 3.13. The Morgan fingerprint density at radius 2 is 1.85 bits per heavy atom. The van der Waals surface area contributed by atoms with Crippen molar-refractivity contribution in [2.24, 2.45) is 0 Å². The maximum atomic E-state index is 12.0. The lowest BCUT2D eigenvalue weighted by atomic mass is 10.2. The Morgan fingerprint density at radius 1 is 1.20 bits per heavy atom. The molecule has 1 fully saturated rings. The third-order valence-corrected chi connectivity index (χ3v) is 3.13. The number of rotatable bonds is 2. The summed E-state index contributed by atoms with van der Waals surface area (Å²) in [5.41, 5.74) is 0.643. The fourth-order valence-electron chi connectivity index (χ4n) is 1.83. The normalized spacial score (nSPS) is 15.2. The van der Waals surface area contributed by atoms with Gasteiger partial charge in [-0.3, -0.25) is 4.79 Å². The Kier molecular flexibility index (Phi) is 3.88. The summed E-state index contributed by atoms with van der Waals surface area (Å²) in [7, 11) is 1.70. The van der Waals surface area contributed by atoms with Gasteiger partial charge in [-0.05, 0) is 24.3 Å². The first-order valence-electron chi connectivity index (χ1n) is 6.10. The summed E-state index contributed by atoms with van der Waals surface area (Å²) in [6.07, 6.45) is 0. The Balaban J connectivity index is 1.97. The van der Waals surface area contributed by atoms with E-state index < -0.39 is 5.97 Å². The van der Waals surface area contributed by atoms with Gasteiger partial charge in [-0.15, -0.1) is 0 Å². The molecule has 1 aliphatic rings. The van der Waals surface area contributed by atoms with E-state index >= 15 is 0 Å². The SMILES string of the molecule is CN1CCN(C(=O)Nc2ccc(C(=O)O)cc2)CC1=O. The molecule has 1 aromatic rings. The van der Waals surface area contributed by atoms with Gasteiger partial charge in [-0.1, -0.05) is 0 Å². The number of nitrogens with one attached hydrogen (secondary N) is 1. The highest BCUT2D eigenvalue weighted by molar-refractivity contribution is 5.94. The van der Waals surface area contributed by atoms with Crippen LogP contribution >= 0.6 is 0 Å². The monoisotopic (exact) mass is 277 g/mol. The van der Waals surface area contributed by atoms with Crippen molar-refractivity contribution in [3.8, 4) is 0 Å². The van der Waals surface area contributed by atoms with E-state index in [-0.39, 0.29) is 24.0 Å². The van der Waals surface area contributed by atoms with Crippen LogP contribution < -0.4 is 5.32 Å². The summed E-state index contributed by atoms with van der Waals surface area (Å²) in [5.74, 6) is -1.12. The Morgan fingerprint density at radius 3 is 2.40 bits per heavy atom. The standard InChI is InChI=1S/C13H15N3O4/c1-15-6-7-16(8-11(15)17)13(20)14-10-4-2-9(3-5-10)12(18)19/h2-5H,6-8H2,1H3,(H,14,20)(H,18,19). The number of carbonyl (C=O) groups excluding carboxylic acids is 2. The predicted octanol–water partition coefficient (Wildman–Crippen LogP) is 0.691. The molecule has 0 atom stereocenters. The summed E-state index contributed by atoms with van der Waals surface area (Å²) in [4.78, 5) is 37.2. The number of urea groups is 1. The molecule has 0 aliphatic carbocycles. The molecule has 3 amide bonds. The fourth-order valence-corrected chi connectivity index (χ4v) is 1.83. The molecule has 0 spiro atoms. The van der Waals surface area contributed by atoms with E-state index in [1.54, 1.807) is 11.9 Å². The molecule has 1 aliphatic heterocycles. The van der Waals surface area contributed by atoms with Crippen molar-refractivity contribution >= 4 is 23.6 Å². The van der Waals surface area contributed by atoms with Crippen LogP contribution in [0.25, 0.3) is 0 Å². The molecule has 1 aromatic carbocycles. The third kappa shape index (κ3) is 3.05. The number of carboxylic acid groups (broad SMARTS) is 1. The summed E-state index contributed by atoms with van der Waals surface area (Å²) < 4.78 is 0. The van der Waals surface area contributed by atoms with E-state index in [4.69, 9.17) is 5.11 Å². The smallest absolute Gasteiger partial charge is 0.335 e. The summed E-state index contributed by atoms with van der Waals surface area (Å²) in [6.45, 7) is 1.03. The number of hydrogen-bond acceptors (Lipinski definition) is 3. The van der Waals surface area contributed by atoms with Crippen LogP contribution in [0.3, 0.4) is 0 Å². The first-order valence-corrected chi connectivity index (χ1v) is 6.10. The van der Waals surface area contributed by atoms with Crippen LogP contribution in [0.4, 0.5) is 10.5 Å². The first kappa shape index (κ1) is 13.9. The van der Waals surface area contributed by atoms with Crippen molar-refractivity contribution in [2.75, 3.05) is 32.0 Å². The Labute approximate surface area is 115 Å². The highest BCUT2D eigenvalue weighted by Crippen LogP contribution is 2.11. The van der Waals surface area contributed by atoms with Gasteiger partial charge in [0.25, 0.3) is 0 Å². The van der Waals surface area contributed by atoms with E-state index in [1.165, 1.54) is 29.2 Å². The van der Waals surface area contributed by atoms with Crippen LogP contribution in [0, 0.1) is 0 Å². The number of piperazine rings is 1. The highest BCUT2D eigenvalue weighted by atomic mass is 16.4. The lowest BCUT2D eigenvalue weighted by Crippen LogP contribution is -2.51. The van der Waals surface area contributed by atoms with E-state index in [0.29, 0.717) is 18.8 Å². The van der Waals surface area contributed by atoms with E-state index in [0.717, 1.165) is 0 Å². The maximum absolute atomic E-state index is 12.0. The minimum absolute atomic E-state index is 0.0511. The number of hydrogen-bond donors (Lipinski definition) is 2. The van der Waals surface area contributed by atoms with Crippen molar-refractivity contribution in [3.63, 3.8) is 0 Å². The second kappa shape index (κ2) is 5.60. The van der Waals surface area contributed by atoms with Crippen LogP contribution in [0.15, 0.2) is 24.3 Å². The lowest BCUT2D eigenvalue weighted by Gasteiger charge is -2.31. The number of benzene rings is 1. The second-order valence-corrected chi connectivity index (χ2v) is 4.55. The molecule has 106 valence electrons. The Bertz CT molecular complexity index is 541. The molecule has 20 heavy (non-hydrogen) atoms. The maximum Gasteiger partial charge on any atom is 0.335 e. The van der Waals surface area contributed by atoms with E-state index in [1.807, 2.05) is 0 Å². The molecular weight excluding hydrogens is 262 g/mol. The molecular formula is C13H15N3O4. The highest BCUT2D eigenvalue weighted by Gasteiger charge is 2.24. The molecule has 1 saturated heterocycles. The van der Waals surface area contributed by atoms with Gasteiger partial charge in [-0.25, -0.2) is 9.59 Å². The zero-order valence-corrected chi connectivity index (χ0v) is 11.0. The molecule has 0 saturated carbocycles. The van der Waals surface area contributed by atoms with Gasteiger partial charge in [0.1, 0.15) is 6.54 Å². The molecule has 7 heteroatoms. The molecule has 0 bridgehead atoms. The average molecular weight is 277 g/mol. The van der Waals surface area contributed by atoms with Gasteiger partial charge < -0.3 is 20.2 Å². The number of amides is 3. The van der Waals surface area contributed by atoms with Crippen LogP contribution in [-0.2, 0) is 4.79 Å². The summed E-state index contributed by atoms with van der Waals surface area (Å²) in [5, 5.41) is 11.4. The van der Waals surface area contributed by atoms with E-state index in [2.05, 4.69) is 5.32 Å². The first-order chi connectivity index (χ1) is 9.47. The minimum Gasteiger partial charge on any atom is -0.478 e. The molecule has 1 heterocycles. The zero-order chi connectivity index (χ0) is 14.7. The van der Waals surface area contributed by atoms with E-state index in [9.17, 15) is 14.4 Å². The van der Waals surface area contributed by atoms with Crippen LogP contribution in [0.2, 0.25) is 0 Å². The molecule has 0 unspecified atom stereocenters. The summed E-state index contributed by atoms with van der Waals surface area (Å²) >= 11 is 0. The number of carbonyl (C=O) groups is 3. The minimum atomic E-state index is -1.02. The van der Waals surface area contributed by atoms with Crippen molar-refractivity contribution in [2.45, 2.75) is 0 Å². The zero-order valence-electron chi connectivity index (χ0n) is 11.0. The van der Waals surface area contributed by atoms with Gasteiger partial charge in [0.15, 0.2) is 0 Å². The lowest BCUT2D eigenvalue weighted by molar-refractivity contribution is -0.133. The van der Waals surface area contributed by atoms with Crippen LogP contribution in [0.5, 0.6) is 0 Å². The Hall–Kier alpha value is -2.57.